The molecule has 0 spiro atoms. The number of unbranched alkanes of at least 4 members (excludes halogenated alkanes) is 1. The van der Waals surface area contributed by atoms with E-state index < -0.39 is 0 Å². The monoisotopic (exact) mass is 407 g/mol. The molecule has 2 aromatic rings. The molecule has 1 aromatic carbocycles. The molecule has 0 aliphatic carbocycles. The summed E-state index contributed by atoms with van der Waals surface area (Å²) < 4.78 is 7.54. The van der Waals surface area contributed by atoms with Gasteiger partial charge in [0.15, 0.2) is 0 Å². The molecule has 1 atom stereocenters. The van der Waals surface area contributed by atoms with E-state index in [1.807, 2.05) is 46.7 Å². The summed E-state index contributed by atoms with van der Waals surface area (Å²) in [5.74, 6) is 1.99. The molecule has 1 saturated heterocycles. The lowest BCUT2D eigenvalue weighted by Crippen LogP contribution is -2.16. The van der Waals surface area contributed by atoms with Gasteiger partial charge in [0.05, 0.1) is 11.0 Å². The van der Waals surface area contributed by atoms with Gasteiger partial charge < -0.3 is 9.30 Å². The maximum absolute atomic E-state index is 12.4. The van der Waals surface area contributed by atoms with Gasteiger partial charge in [-0.2, -0.15) is 0 Å². The number of carbonyl (C=O) groups is 1. The van der Waals surface area contributed by atoms with Crippen LogP contribution in [0.2, 0.25) is 0 Å². The lowest BCUT2D eigenvalue weighted by atomic mass is 10.1. The summed E-state index contributed by atoms with van der Waals surface area (Å²) in [6, 6.07) is 8.02. The van der Waals surface area contributed by atoms with E-state index in [1.165, 1.54) is 18.6 Å². The van der Waals surface area contributed by atoms with Gasteiger partial charge in [0, 0.05) is 37.2 Å². The van der Waals surface area contributed by atoms with Gasteiger partial charge in [-0.1, -0.05) is 40.1 Å². The highest BCUT2D eigenvalue weighted by Crippen LogP contribution is 2.39. The molecule has 27 heavy (non-hydrogen) atoms. The van der Waals surface area contributed by atoms with Crippen molar-refractivity contribution in [1.29, 1.82) is 0 Å². The number of aryl methyl sites for hydroxylation is 1. The molecule has 1 fully saturated rings. The Kier molecular flexibility index (Phi) is 8.35. The number of hydrogen-bond donors (Lipinski definition) is 1. The Balaban J connectivity index is 1.53. The van der Waals surface area contributed by atoms with Crippen LogP contribution in [0.5, 0.6) is 0 Å². The zero-order valence-electron chi connectivity index (χ0n) is 16.0. The van der Waals surface area contributed by atoms with Gasteiger partial charge in [0.1, 0.15) is 0 Å². The predicted molar refractivity (Wildman–Crippen MR) is 116 cm³/mol. The first-order chi connectivity index (χ1) is 13.3. The Bertz CT molecular complexity index is 729. The number of hydrogen-bond acceptors (Lipinski definition) is 5. The smallest absolute Gasteiger partial charge is 0.226 e. The van der Waals surface area contributed by atoms with Gasteiger partial charge in [-0.05, 0) is 44.7 Å². The fourth-order valence-electron chi connectivity index (χ4n) is 3.28. The van der Waals surface area contributed by atoms with Crippen molar-refractivity contribution in [1.82, 2.24) is 9.55 Å². The summed E-state index contributed by atoms with van der Waals surface area (Å²) >= 11 is 0. The fourth-order valence-corrected chi connectivity index (χ4v) is 6.30. The third-order valence-electron chi connectivity index (χ3n) is 4.69. The average Bonchev–Trinajstić information content (AvgIpc) is 3.30. The number of para-hydroxylation sites is 2. The van der Waals surface area contributed by atoms with Crippen LogP contribution in [0, 0.1) is 0 Å². The standard InChI is InChI=1S/C20H29N3O2S2/c1-2-25-14-7-13-23-18-10-5-4-9-17(18)21-20(23)22-19(24)11-6-3-8-16-12-15-26-27-16/h4-5,9-10,16H,2-3,6-8,11-15H2,1H3,(H,21,22,24). The number of anilines is 1. The number of nitrogens with zero attached hydrogens (tertiary/aromatic N) is 2. The largest absolute Gasteiger partial charge is 0.382 e. The van der Waals surface area contributed by atoms with E-state index in [-0.39, 0.29) is 5.91 Å². The molecule has 1 N–H and O–H groups in total. The van der Waals surface area contributed by atoms with Crippen LogP contribution in [0.15, 0.2) is 24.3 Å². The minimum absolute atomic E-state index is 0.0600. The van der Waals surface area contributed by atoms with Crippen molar-refractivity contribution < 1.29 is 9.53 Å². The van der Waals surface area contributed by atoms with Gasteiger partial charge >= 0.3 is 0 Å². The Hall–Kier alpha value is -1.18. The van der Waals surface area contributed by atoms with Gasteiger partial charge in [-0.25, -0.2) is 4.98 Å². The minimum Gasteiger partial charge on any atom is -0.382 e. The minimum atomic E-state index is 0.0600. The predicted octanol–water partition coefficient (Wildman–Crippen LogP) is 5.12. The van der Waals surface area contributed by atoms with Crippen LogP contribution in [-0.4, -0.2) is 39.7 Å². The van der Waals surface area contributed by atoms with E-state index in [0.29, 0.717) is 19.0 Å². The highest BCUT2D eigenvalue weighted by Gasteiger charge is 2.16. The summed E-state index contributed by atoms with van der Waals surface area (Å²) in [6.45, 7) is 4.23. The first-order valence-electron chi connectivity index (χ1n) is 9.89. The third kappa shape index (κ3) is 6.16. The molecule has 0 bridgehead atoms. The Morgan fingerprint density at radius 3 is 3.04 bits per heavy atom. The van der Waals surface area contributed by atoms with Crippen molar-refractivity contribution >= 4 is 44.5 Å². The number of imidazole rings is 1. The lowest BCUT2D eigenvalue weighted by molar-refractivity contribution is -0.116. The lowest BCUT2D eigenvalue weighted by Gasteiger charge is -2.11. The van der Waals surface area contributed by atoms with Gasteiger partial charge in [-0.3, -0.25) is 10.1 Å². The quantitative estimate of drug-likeness (QED) is 0.414. The van der Waals surface area contributed by atoms with Crippen LogP contribution in [-0.2, 0) is 16.1 Å². The topological polar surface area (TPSA) is 56.1 Å². The first-order valence-corrected chi connectivity index (χ1v) is 12.3. The van der Waals surface area contributed by atoms with Crippen molar-refractivity contribution in [3.05, 3.63) is 24.3 Å². The summed E-state index contributed by atoms with van der Waals surface area (Å²) in [5, 5.41) is 3.82. The summed E-state index contributed by atoms with van der Waals surface area (Å²) in [5.41, 5.74) is 1.97. The van der Waals surface area contributed by atoms with E-state index in [0.717, 1.165) is 48.7 Å². The molecule has 1 unspecified atom stereocenters. The van der Waals surface area contributed by atoms with Crippen molar-refractivity contribution in [3.8, 4) is 0 Å². The first kappa shape index (κ1) is 20.6. The Labute approximate surface area is 169 Å². The second-order valence-corrected chi connectivity index (χ2v) is 9.54. The van der Waals surface area contributed by atoms with Gasteiger partial charge in [0.25, 0.3) is 0 Å². The number of nitrogens with one attached hydrogen (secondary N) is 1. The highest BCUT2D eigenvalue weighted by atomic mass is 33.1. The molecule has 148 valence electrons. The number of amides is 1. The van der Waals surface area contributed by atoms with Crippen LogP contribution in [0.25, 0.3) is 11.0 Å². The molecule has 3 rings (SSSR count). The van der Waals surface area contributed by atoms with Gasteiger partial charge in [-0.15, -0.1) is 0 Å². The van der Waals surface area contributed by atoms with Crippen LogP contribution in [0.4, 0.5) is 5.95 Å². The van der Waals surface area contributed by atoms with E-state index in [9.17, 15) is 4.79 Å². The third-order valence-corrected chi connectivity index (χ3v) is 7.69. The van der Waals surface area contributed by atoms with E-state index in [2.05, 4.69) is 20.9 Å². The molecule has 1 amide bonds. The summed E-state index contributed by atoms with van der Waals surface area (Å²) in [4.78, 5) is 17.0. The molecule has 5 nitrogen and oxygen atoms in total. The van der Waals surface area contributed by atoms with E-state index in [4.69, 9.17) is 4.74 Å². The zero-order chi connectivity index (χ0) is 18.9. The van der Waals surface area contributed by atoms with Crippen LogP contribution in [0.1, 0.15) is 45.4 Å². The number of fused-ring (bicyclic) bond motifs is 1. The average molecular weight is 408 g/mol. The molecule has 1 aliphatic rings. The number of benzene rings is 1. The normalized spacial score (nSPS) is 16.9. The van der Waals surface area contributed by atoms with Crippen LogP contribution >= 0.6 is 21.6 Å². The Morgan fingerprint density at radius 1 is 1.33 bits per heavy atom. The molecule has 0 radical (unpaired) electrons. The van der Waals surface area contributed by atoms with Crippen molar-refractivity contribution in [3.63, 3.8) is 0 Å². The van der Waals surface area contributed by atoms with Gasteiger partial charge in [0.2, 0.25) is 11.9 Å². The zero-order valence-corrected chi connectivity index (χ0v) is 17.6. The maximum Gasteiger partial charge on any atom is 0.226 e. The molecular weight excluding hydrogens is 378 g/mol. The number of carbonyl (C=O) groups excluding carboxylic acids is 1. The number of rotatable bonds is 11. The highest BCUT2D eigenvalue weighted by molar-refractivity contribution is 8.77. The Morgan fingerprint density at radius 2 is 2.22 bits per heavy atom. The molecule has 2 heterocycles. The molecule has 1 aliphatic heterocycles. The van der Waals surface area contributed by atoms with Crippen LogP contribution < -0.4 is 5.32 Å². The number of ether oxygens (including phenoxy) is 1. The van der Waals surface area contributed by atoms with E-state index in [1.54, 1.807) is 0 Å². The van der Waals surface area contributed by atoms with Crippen molar-refractivity contribution in [2.75, 3.05) is 24.3 Å². The summed E-state index contributed by atoms with van der Waals surface area (Å²) in [7, 11) is 3.99. The van der Waals surface area contributed by atoms with Crippen molar-refractivity contribution in [2.45, 2.75) is 57.2 Å². The van der Waals surface area contributed by atoms with Crippen LogP contribution in [0.3, 0.4) is 0 Å². The molecular formula is C20H29N3O2S2. The SMILES string of the molecule is CCOCCCn1c(NC(=O)CCCCC2CCSS2)nc2ccccc21. The maximum atomic E-state index is 12.4. The fraction of sp³-hybridized carbons (Fsp3) is 0.600. The number of aromatic nitrogens is 2. The molecule has 0 saturated carbocycles. The second kappa shape index (κ2) is 11.0. The van der Waals surface area contributed by atoms with E-state index >= 15 is 0 Å². The van der Waals surface area contributed by atoms with Crippen molar-refractivity contribution in [2.24, 2.45) is 0 Å². The second-order valence-electron chi connectivity index (χ2n) is 6.75. The summed E-state index contributed by atoms with van der Waals surface area (Å²) in [6.07, 6.45) is 6.06. The molecule has 7 heteroatoms. The molecule has 1 aromatic heterocycles.